The normalized spacial score (nSPS) is 13.2. The van der Waals surface area contributed by atoms with Gasteiger partial charge < -0.3 is 5.32 Å². The quantitative estimate of drug-likeness (QED) is 0.847. The number of anilines is 1. The van der Waals surface area contributed by atoms with E-state index in [2.05, 4.69) is 15.3 Å². The minimum absolute atomic E-state index is 0.0742. The molecule has 0 saturated heterocycles. The summed E-state index contributed by atoms with van der Waals surface area (Å²) in [4.78, 5) is 7.99. The highest BCUT2D eigenvalue weighted by molar-refractivity contribution is 7.09. The SMILES string of the molecule is CC(CNc1cc(C(F)(F)F)cc(Cl)n1)c1nccs1. The molecule has 3 nitrogen and oxygen atoms in total. The van der Waals surface area contributed by atoms with Crippen LogP contribution in [0.5, 0.6) is 0 Å². The maximum Gasteiger partial charge on any atom is 0.416 e. The van der Waals surface area contributed by atoms with Crippen molar-refractivity contribution in [1.29, 1.82) is 0 Å². The van der Waals surface area contributed by atoms with Gasteiger partial charge in [-0.1, -0.05) is 18.5 Å². The molecule has 20 heavy (non-hydrogen) atoms. The van der Waals surface area contributed by atoms with Gasteiger partial charge in [0, 0.05) is 24.0 Å². The average molecular weight is 322 g/mol. The third-order valence-corrected chi connectivity index (χ3v) is 3.78. The maximum atomic E-state index is 12.6. The third kappa shape index (κ3) is 3.83. The number of pyridine rings is 1. The van der Waals surface area contributed by atoms with E-state index in [-0.39, 0.29) is 16.9 Å². The molecule has 1 atom stereocenters. The fraction of sp³-hybridized carbons (Fsp3) is 0.333. The van der Waals surface area contributed by atoms with Crippen LogP contribution in [0.2, 0.25) is 5.15 Å². The fourth-order valence-electron chi connectivity index (χ4n) is 1.57. The Labute approximate surface area is 122 Å². The molecule has 2 heterocycles. The van der Waals surface area contributed by atoms with Crippen molar-refractivity contribution in [3.8, 4) is 0 Å². The van der Waals surface area contributed by atoms with Crippen molar-refractivity contribution < 1.29 is 13.2 Å². The predicted octanol–water partition coefficient (Wildman–Crippen LogP) is 4.43. The van der Waals surface area contributed by atoms with E-state index in [0.717, 1.165) is 17.1 Å². The highest BCUT2D eigenvalue weighted by Crippen LogP contribution is 2.32. The highest BCUT2D eigenvalue weighted by Gasteiger charge is 2.31. The van der Waals surface area contributed by atoms with E-state index in [4.69, 9.17) is 11.6 Å². The fourth-order valence-corrected chi connectivity index (χ4v) is 2.48. The largest absolute Gasteiger partial charge is 0.416 e. The van der Waals surface area contributed by atoms with Gasteiger partial charge in [0.1, 0.15) is 11.0 Å². The number of hydrogen-bond donors (Lipinski definition) is 1. The van der Waals surface area contributed by atoms with Crippen molar-refractivity contribution in [2.45, 2.75) is 19.0 Å². The zero-order valence-corrected chi connectivity index (χ0v) is 12.0. The van der Waals surface area contributed by atoms with Crippen LogP contribution in [0.25, 0.3) is 0 Å². The Morgan fingerprint density at radius 2 is 2.15 bits per heavy atom. The zero-order valence-electron chi connectivity index (χ0n) is 10.4. The smallest absolute Gasteiger partial charge is 0.369 e. The van der Waals surface area contributed by atoms with E-state index in [0.29, 0.717) is 6.54 Å². The molecule has 0 amide bonds. The molecule has 2 aromatic rings. The first-order valence-electron chi connectivity index (χ1n) is 5.74. The lowest BCUT2D eigenvalue weighted by Crippen LogP contribution is -2.12. The zero-order chi connectivity index (χ0) is 14.8. The van der Waals surface area contributed by atoms with E-state index in [9.17, 15) is 13.2 Å². The summed E-state index contributed by atoms with van der Waals surface area (Å²) in [6.07, 6.45) is -2.75. The number of thiazole rings is 1. The molecule has 0 aliphatic rings. The Hall–Kier alpha value is -1.34. The van der Waals surface area contributed by atoms with Gasteiger partial charge in [-0.05, 0) is 12.1 Å². The summed E-state index contributed by atoms with van der Waals surface area (Å²) >= 11 is 7.11. The second kappa shape index (κ2) is 5.97. The van der Waals surface area contributed by atoms with Gasteiger partial charge in [0.05, 0.1) is 10.6 Å². The standard InChI is InChI=1S/C12H11ClF3N3S/c1-7(11-17-2-3-20-11)6-18-10-5-8(12(14,15)16)4-9(13)19-10/h2-5,7H,6H2,1H3,(H,18,19). The predicted molar refractivity (Wildman–Crippen MR) is 73.3 cm³/mol. The summed E-state index contributed by atoms with van der Waals surface area (Å²) in [6, 6.07) is 1.75. The van der Waals surface area contributed by atoms with Crippen molar-refractivity contribution in [3.05, 3.63) is 39.4 Å². The van der Waals surface area contributed by atoms with Crippen LogP contribution >= 0.6 is 22.9 Å². The summed E-state index contributed by atoms with van der Waals surface area (Å²) in [5, 5.41) is 5.43. The molecule has 108 valence electrons. The van der Waals surface area contributed by atoms with Crippen molar-refractivity contribution in [2.24, 2.45) is 0 Å². The van der Waals surface area contributed by atoms with Gasteiger partial charge in [0.15, 0.2) is 0 Å². The molecular formula is C12H11ClF3N3S. The van der Waals surface area contributed by atoms with Crippen LogP contribution in [-0.4, -0.2) is 16.5 Å². The summed E-state index contributed by atoms with van der Waals surface area (Å²) < 4.78 is 37.9. The van der Waals surface area contributed by atoms with Crippen LogP contribution < -0.4 is 5.32 Å². The van der Waals surface area contributed by atoms with Gasteiger partial charge in [-0.15, -0.1) is 11.3 Å². The molecule has 1 N–H and O–H groups in total. The first kappa shape index (κ1) is 15.1. The second-order valence-corrected chi connectivity index (χ2v) is 5.53. The van der Waals surface area contributed by atoms with Crippen LogP contribution in [-0.2, 0) is 6.18 Å². The van der Waals surface area contributed by atoms with E-state index < -0.39 is 11.7 Å². The van der Waals surface area contributed by atoms with Crippen LogP contribution in [0.4, 0.5) is 19.0 Å². The van der Waals surface area contributed by atoms with Gasteiger partial charge in [-0.25, -0.2) is 9.97 Å². The third-order valence-electron chi connectivity index (χ3n) is 2.58. The van der Waals surface area contributed by atoms with Crippen LogP contribution in [0.15, 0.2) is 23.7 Å². The molecule has 0 saturated carbocycles. The van der Waals surface area contributed by atoms with Crippen LogP contribution in [0.1, 0.15) is 23.4 Å². The molecule has 2 rings (SSSR count). The molecule has 8 heteroatoms. The monoisotopic (exact) mass is 321 g/mol. The summed E-state index contributed by atoms with van der Waals surface area (Å²) in [5.41, 5.74) is -0.818. The van der Waals surface area contributed by atoms with E-state index >= 15 is 0 Å². The minimum Gasteiger partial charge on any atom is -0.369 e. The number of rotatable bonds is 4. The molecule has 0 bridgehead atoms. The van der Waals surface area contributed by atoms with Crippen molar-refractivity contribution in [1.82, 2.24) is 9.97 Å². The molecule has 1 unspecified atom stereocenters. The molecule has 0 aliphatic heterocycles. The van der Waals surface area contributed by atoms with E-state index in [1.807, 2.05) is 12.3 Å². The van der Waals surface area contributed by atoms with Crippen LogP contribution in [0, 0.1) is 0 Å². The number of halogens is 4. The number of aromatic nitrogens is 2. The average Bonchev–Trinajstić information content (AvgIpc) is 2.88. The van der Waals surface area contributed by atoms with Crippen molar-refractivity contribution in [3.63, 3.8) is 0 Å². The maximum absolute atomic E-state index is 12.6. The summed E-state index contributed by atoms with van der Waals surface area (Å²) in [5.74, 6) is 0.179. The van der Waals surface area contributed by atoms with Crippen molar-refractivity contribution in [2.75, 3.05) is 11.9 Å². The molecular weight excluding hydrogens is 311 g/mol. The number of nitrogens with zero attached hydrogens (tertiary/aromatic N) is 2. The Morgan fingerprint density at radius 1 is 1.40 bits per heavy atom. The molecule has 2 aromatic heterocycles. The minimum atomic E-state index is -4.44. The van der Waals surface area contributed by atoms with Gasteiger partial charge in [0.25, 0.3) is 0 Å². The highest BCUT2D eigenvalue weighted by atomic mass is 35.5. The first-order chi connectivity index (χ1) is 9.36. The van der Waals surface area contributed by atoms with Gasteiger partial charge in [0.2, 0.25) is 0 Å². The molecule has 0 radical (unpaired) electrons. The van der Waals surface area contributed by atoms with Crippen molar-refractivity contribution >= 4 is 28.8 Å². The number of hydrogen-bond acceptors (Lipinski definition) is 4. The van der Waals surface area contributed by atoms with Crippen LogP contribution in [0.3, 0.4) is 0 Å². The second-order valence-electron chi connectivity index (χ2n) is 4.21. The Balaban J connectivity index is 2.08. The Bertz CT molecular complexity index is 572. The van der Waals surface area contributed by atoms with Gasteiger partial charge in [-0.2, -0.15) is 13.2 Å². The topological polar surface area (TPSA) is 37.8 Å². The summed E-state index contributed by atoms with van der Waals surface area (Å²) in [6.45, 7) is 2.36. The number of nitrogens with one attached hydrogen (secondary N) is 1. The first-order valence-corrected chi connectivity index (χ1v) is 7.00. The molecule has 0 spiro atoms. The lowest BCUT2D eigenvalue weighted by atomic mass is 10.2. The molecule has 0 fully saturated rings. The van der Waals surface area contributed by atoms with E-state index in [1.54, 1.807) is 6.20 Å². The van der Waals surface area contributed by atoms with Gasteiger partial charge >= 0.3 is 6.18 Å². The number of alkyl halides is 3. The summed E-state index contributed by atoms with van der Waals surface area (Å²) in [7, 11) is 0. The molecule has 0 aromatic carbocycles. The lowest BCUT2D eigenvalue weighted by molar-refractivity contribution is -0.137. The van der Waals surface area contributed by atoms with E-state index in [1.165, 1.54) is 11.3 Å². The molecule has 0 aliphatic carbocycles. The lowest BCUT2D eigenvalue weighted by Gasteiger charge is -2.13. The Morgan fingerprint density at radius 3 is 2.75 bits per heavy atom. The van der Waals surface area contributed by atoms with Gasteiger partial charge in [-0.3, -0.25) is 0 Å². The Kier molecular flexibility index (Phi) is 4.49.